The molecular weight excluding hydrogens is 352 g/mol. The molecule has 0 fully saturated rings. The van der Waals surface area contributed by atoms with E-state index in [2.05, 4.69) is 4.72 Å². The lowest BCUT2D eigenvalue weighted by Crippen LogP contribution is -2.38. The third-order valence-corrected chi connectivity index (χ3v) is 4.57. The van der Waals surface area contributed by atoms with Gasteiger partial charge in [0, 0.05) is 20.2 Å². The highest BCUT2D eigenvalue weighted by atomic mass is 32.2. The van der Waals surface area contributed by atoms with E-state index in [1.807, 2.05) is 0 Å². The Balaban J connectivity index is 2.76. The van der Waals surface area contributed by atoms with Gasteiger partial charge >= 0.3 is 5.97 Å². The number of ether oxygens (including phenoxy) is 3. The van der Waals surface area contributed by atoms with Gasteiger partial charge in [0.15, 0.2) is 17.6 Å². The summed E-state index contributed by atoms with van der Waals surface area (Å²) in [5.74, 6) is -0.669. The summed E-state index contributed by atoms with van der Waals surface area (Å²) in [4.78, 5) is 24.5. The molecule has 9 nitrogen and oxygen atoms in total. The van der Waals surface area contributed by atoms with Crippen LogP contribution in [0.4, 0.5) is 0 Å². The van der Waals surface area contributed by atoms with E-state index in [4.69, 9.17) is 14.2 Å². The molecule has 0 aromatic heterocycles. The lowest BCUT2D eigenvalue weighted by Gasteiger charge is -2.17. The van der Waals surface area contributed by atoms with Crippen molar-refractivity contribution in [2.45, 2.75) is 17.9 Å². The number of rotatable bonds is 8. The zero-order valence-corrected chi connectivity index (χ0v) is 15.5. The maximum absolute atomic E-state index is 12.2. The monoisotopic (exact) mass is 374 g/mol. The zero-order valence-electron chi connectivity index (χ0n) is 14.7. The van der Waals surface area contributed by atoms with Crippen LogP contribution in [0.15, 0.2) is 23.1 Å². The second-order valence-corrected chi connectivity index (χ2v) is 6.97. The second-order valence-electron chi connectivity index (χ2n) is 5.21. The molecule has 1 amide bonds. The van der Waals surface area contributed by atoms with Crippen molar-refractivity contribution in [3.63, 3.8) is 0 Å². The van der Waals surface area contributed by atoms with E-state index in [1.54, 1.807) is 0 Å². The molecule has 1 aromatic rings. The molecular formula is C15H22N2O7S. The van der Waals surface area contributed by atoms with Gasteiger partial charge < -0.3 is 19.1 Å². The molecule has 1 atom stereocenters. The summed E-state index contributed by atoms with van der Waals surface area (Å²) in [5, 5.41) is 0. The number of sulfonamides is 1. The van der Waals surface area contributed by atoms with Gasteiger partial charge in [-0.15, -0.1) is 0 Å². The van der Waals surface area contributed by atoms with Gasteiger partial charge in [0.05, 0.1) is 19.1 Å². The molecule has 0 aliphatic carbocycles. The Hall–Kier alpha value is -2.33. The Bertz CT molecular complexity index is 731. The van der Waals surface area contributed by atoms with E-state index >= 15 is 0 Å². The molecule has 0 heterocycles. The molecule has 1 N–H and O–H groups in total. The standard InChI is InChI=1S/C15H22N2O7S/c1-10(15(19)17(2)3)24-14(18)9-16-25(20,21)11-6-7-12(22-4)13(8-11)23-5/h6-8,10,16H,9H2,1-5H3/t10-/m1/s1. The quantitative estimate of drug-likeness (QED) is 0.638. The van der Waals surface area contributed by atoms with Gasteiger partial charge in [0.1, 0.15) is 6.54 Å². The molecule has 0 unspecified atom stereocenters. The molecule has 0 aliphatic rings. The minimum atomic E-state index is -3.97. The van der Waals surface area contributed by atoms with Crippen LogP contribution in [0.5, 0.6) is 11.5 Å². The van der Waals surface area contributed by atoms with Crippen molar-refractivity contribution in [1.82, 2.24) is 9.62 Å². The van der Waals surface area contributed by atoms with Gasteiger partial charge in [0.25, 0.3) is 5.91 Å². The first-order valence-electron chi connectivity index (χ1n) is 7.24. The Morgan fingerprint density at radius 3 is 2.28 bits per heavy atom. The number of methoxy groups -OCH3 is 2. The largest absolute Gasteiger partial charge is 0.493 e. The predicted molar refractivity (Wildman–Crippen MR) is 89.0 cm³/mol. The van der Waals surface area contributed by atoms with Crippen LogP contribution in [-0.4, -0.2) is 66.2 Å². The van der Waals surface area contributed by atoms with Crippen LogP contribution < -0.4 is 14.2 Å². The number of nitrogens with zero attached hydrogens (tertiary/aromatic N) is 1. The molecule has 0 saturated carbocycles. The van der Waals surface area contributed by atoms with Gasteiger partial charge in [-0.05, 0) is 19.1 Å². The molecule has 1 rings (SSSR count). The highest BCUT2D eigenvalue weighted by Crippen LogP contribution is 2.29. The summed E-state index contributed by atoms with van der Waals surface area (Å²) >= 11 is 0. The molecule has 0 saturated heterocycles. The maximum Gasteiger partial charge on any atom is 0.321 e. The lowest BCUT2D eigenvalue weighted by atomic mass is 10.3. The molecule has 25 heavy (non-hydrogen) atoms. The molecule has 140 valence electrons. The van der Waals surface area contributed by atoms with E-state index in [-0.39, 0.29) is 10.6 Å². The predicted octanol–water partition coefficient (Wildman–Crippen LogP) is 0.00200. The van der Waals surface area contributed by atoms with Gasteiger partial charge in [-0.1, -0.05) is 0 Å². The zero-order chi connectivity index (χ0) is 19.2. The third kappa shape index (κ3) is 5.61. The minimum absolute atomic E-state index is 0.102. The van der Waals surface area contributed by atoms with Gasteiger partial charge in [-0.3, -0.25) is 9.59 Å². The number of nitrogens with one attached hydrogen (secondary N) is 1. The molecule has 10 heteroatoms. The van der Waals surface area contributed by atoms with Gasteiger partial charge in [-0.2, -0.15) is 4.72 Å². The number of hydrogen-bond acceptors (Lipinski definition) is 7. The fourth-order valence-electron chi connectivity index (χ4n) is 1.87. The van der Waals surface area contributed by atoms with Crippen molar-refractivity contribution in [3.05, 3.63) is 18.2 Å². The second kappa shape index (κ2) is 8.67. The summed E-state index contributed by atoms with van der Waals surface area (Å²) in [6, 6.07) is 4.02. The number of carbonyl (C=O) groups excluding carboxylic acids is 2. The number of esters is 1. The molecule has 0 bridgehead atoms. The van der Waals surface area contributed by atoms with Crippen LogP contribution in [0.25, 0.3) is 0 Å². The van der Waals surface area contributed by atoms with E-state index in [0.29, 0.717) is 5.75 Å². The number of benzene rings is 1. The Labute approximate surface area is 146 Å². The fourth-order valence-corrected chi connectivity index (χ4v) is 2.86. The Morgan fingerprint density at radius 2 is 1.76 bits per heavy atom. The summed E-state index contributed by atoms with van der Waals surface area (Å²) in [7, 11) is 1.88. The van der Waals surface area contributed by atoms with E-state index < -0.39 is 34.5 Å². The maximum atomic E-state index is 12.2. The van der Waals surface area contributed by atoms with Gasteiger partial charge in [0.2, 0.25) is 10.0 Å². The SMILES string of the molecule is COc1ccc(S(=O)(=O)NCC(=O)O[C@H](C)C(=O)N(C)C)cc1OC. The first-order chi connectivity index (χ1) is 11.6. The van der Waals surface area contributed by atoms with Crippen LogP contribution >= 0.6 is 0 Å². The first kappa shape index (κ1) is 20.7. The summed E-state index contributed by atoms with van der Waals surface area (Å²) in [5.41, 5.74) is 0. The van der Waals surface area contributed by atoms with Crippen LogP contribution in [0.1, 0.15) is 6.92 Å². The van der Waals surface area contributed by atoms with Crippen LogP contribution in [0.2, 0.25) is 0 Å². The summed E-state index contributed by atoms with van der Waals surface area (Å²) in [6.45, 7) is 0.796. The first-order valence-corrected chi connectivity index (χ1v) is 8.73. The van der Waals surface area contributed by atoms with Crippen molar-refractivity contribution in [1.29, 1.82) is 0 Å². The molecule has 0 aliphatic heterocycles. The fraction of sp³-hybridized carbons (Fsp3) is 0.467. The average Bonchev–Trinajstić information content (AvgIpc) is 2.58. The van der Waals surface area contributed by atoms with E-state index in [0.717, 1.165) is 0 Å². The summed E-state index contributed by atoms with van der Waals surface area (Å²) in [6.07, 6.45) is -1.01. The number of likely N-dealkylation sites (N-methyl/N-ethyl adjacent to an activating group) is 1. The topological polar surface area (TPSA) is 111 Å². The van der Waals surface area contributed by atoms with Crippen LogP contribution in [0.3, 0.4) is 0 Å². The third-order valence-electron chi connectivity index (χ3n) is 3.17. The van der Waals surface area contributed by atoms with Crippen molar-refractivity contribution >= 4 is 21.9 Å². The average molecular weight is 374 g/mol. The van der Waals surface area contributed by atoms with Crippen molar-refractivity contribution in [3.8, 4) is 11.5 Å². The van der Waals surface area contributed by atoms with E-state index in [9.17, 15) is 18.0 Å². The highest BCUT2D eigenvalue weighted by Gasteiger charge is 2.22. The van der Waals surface area contributed by atoms with Gasteiger partial charge in [-0.25, -0.2) is 8.42 Å². The Kier molecular flexibility index (Phi) is 7.19. The smallest absolute Gasteiger partial charge is 0.321 e. The molecule has 0 radical (unpaired) electrons. The van der Waals surface area contributed by atoms with Crippen LogP contribution in [0, 0.1) is 0 Å². The normalized spacial score (nSPS) is 12.2. The van der Waals surface area contributed by atoms with E-state index in [1.165, 1.54) is 58.3 Å². The van der Waals surface area contributed by atoms with Crippen molar-refractivity contribution < 1.29 is 32.2 Å². The summed E-state index contributed by atoms with van der Waals surface area (Å²) < 4.78 is 41.6. The molecule has 0 spiro atoms. The van der Waals surface area contributed by atoms with Crippen molar-refractivity contribution in [2.75, 3.05) is 34.9 Å². The highest BCUT2D eigenvalue weighted by molar-refractivity contribution is 7.89. The number of amides is 1. The van der Waals surface area contributed by atoms with Crippen molar-refractivity contribution in [2.24, 2.45) is 0 Å². The van der Waals surface area contributed by atoms with Crippen LogP contribution in [-0.2, 0) is 24.3 Å². The molecule has 1 aromatic carbocycles. The lowest BCUT2D eigenvalue weighted by molar-refractivity contribution is -0.156. The number of carbonyl (C=O) groups is 2. The Morgan fingerprint density at radius 1 is 1.16 bits per heavy atom. The number of hydrogen-bond donors (Lipinski definition) is 1. The minimum Gasteiger partial charge on any atom is -0.493 e.